The summed E-state index contributed by atoms with van der Waals surface area (Å²) in [5.74, 6) is -1.23. The van der Waals surface area contributed by atoms with Crippen LogP contribution in [0.4, 0.5) is 8.78 Å². The molecule has 2 N–H and O–H groups in total. The highest BCUT2D eigenvalue weighted by molar-refractivity contribution is 5.94. The molecular weight excluding hydrogens is 362 g/mol. The number of pyridine rings is 1. The van der Waals surface area contributed by atoms with Crippen LogP contribution in [0.15, 0.2) is 36.8 Å². The number of aromatic nitrogens is 5. The van der Waals surface area contributed by atoms with Gasteiger partial charge in [-0.1, -0.05) is 0 Å². The average Bonchev–Trinajstić information content (AvgIpc) is 3.19. The van der Waals surface area contributed by atoms with E-state index in [9.17, 15) is 8.78 Å². The van der Waals surface area contributed by atoms with Crippen LogP contribution in [0.5, 0.6) is 0 Å². The SMILES string of the molecule is CNC1(c2cc(F)c(-c3cc4c(-c5cnn(C)c5)n[nH]c4cn3)c(F)c2)CC1. The van der Waals surface area contributed by atoms with E-state index >= 15 is 0 Å². The lowest BCUT2D eigenvalue weighted by Gasteiger charge is -2.16. The van der Waals surface area contributed by atoms with Gasteiger partial charge in [0.05, 0.1) is 29.2 Å². The normalized spacial score (nSPS) is 15.3. The number of rotatable bonds is 4. The van der Waals surface area contributed by atoms with Crippen LogP contribution < -0.4 is 5.32 Å². The second-order valence-electron chi connectivity index (χ2n) is 7.24. The van der Waals surface area contributed by atoms with Crippen molar-refractivity contribution in [2.45, 2.75) is 18.4 Å². The highest BCUT2D eigenvalue weighted by atomic mass is 19.1. The highest BCUT2D eigenvalue weighted by Gasteiger charge is 2.43. The molecule has 142 valence electrons. The van der Waals surface area contributed by atoms with Crippen molar-refractivity contribution < 1.29 is 8.78 Å². The Hall–Kier alpha value is -3.13. The van der Waals surface area contributed by atoms with Gasteiger partial charge >= 0.3 is 0 Å². The lowest BCUT2D eigenvalue weighted by atomic mass is 9.99. The summed E-state index contributed by atoms with van der Waals surface area (Å²) in [4.78, 5) is 4.25. The molecule has 28 heavy (non-hydrogen) atoms. The topological polar surface area (TPSA) is 71.4 Å². The molecule has 0 spiro atoms. The monoisotopic (exact) mass is 380 g/mol. The minimum Gasteiger partial charge on any atom is -0.310 e. The molecule has 3 heterocycles. The number of hydrogen-bond donors (Lipinski definition) is 2. The van der Waals surface area contributed by atoms with Crippen molar-refractivity contribution in [3.8, 4) is 22.5 Å². The molecule has 6 nitrogen and oxygen atoms in total. The molecule has 0 aliphatic heterocycles. The summed E-state index contributed by atoms with van der Waals surface area (Å²) in [7, 11) is 3.63. The number of fused-ring (bicyclic) bond motifs is 1. The van der Waals surface area contributed by atoms with Gasteiger partial charge in [-0.05, 0) is 43.7 Å². The number of benzene rings is 1. The Morgan fingerprint density at radius 1 is 1.14 bits per heavy atom. The van der Waals surface area contributed by atoms with Gasteiger partial charge in [0.25, 0.3) is 0 Å². The Bertz CT molecular complexity index is 1180. The molecule has 0 bridgehead atoms. The van der Waals surface area contributed by atoms with Crippen LogP contribution in [0, 0.1) is 11.6 Å². The molecule has 4 aromatic rings. The summed E-state index contributed by atoms with van der Waals surface area (Å²) >= 11 is 0. The van der Waals surface area contributed by atoms with Gasteiger partial charge in [-0.25, -0.2) is 8.78 Å². The molecule has 3 aromatic heterocycles. The van der Waals surface area contributed by atoms with E-state index in [1.165, 1.54) is 12.1 Å². The fraction of sp³-hybridized carbons (Fsp3) is 0.250. The summed E-state index contributed by atoms with van der Waals surface area (Å²) in [6.07, 6.45) is 6.81. The molecule has 5 rings (SSSR count). The van der Waals surface area contributed by atoms with Crippen molar-refractivity contribution in [2.24, 2.45) is 7.05 Å². The number of H-pyrrole nitrogens is 1. The van der Waals surface area contributed by atoms with Crippen molar-refractivity contribution >= 4 is 10.9 Å². The number of nitrogens with one attached hydrogen (secondary N) is 2. The zero-order chi connectivity index (χ0) is 19.5. The van der Waals surface area contributed by atoms with Gasteiger partial charge in [0.1, 0.15) is 17.3 Å². The van der Waals surface area contributed by atoms with Crippen LogP contribution in [-0.2, 0) is 12.6 Å². The fourth-order valence-electron chi connectivity index (χ4n) is 3.72. The van der Waals surface area contributed by atoms with Gasteiger partial charge in [-0.2, -0.15) is 10.2 Å². The van der Waals surface area contributed by atoms with Gasteiger partial charge in [-0.15, -0.1) is 0 Å². The Morgan fingerprint density at radius 3 is 2.50 bits per heavy atom. The summed E-state index contributed by atoms with van der Waals surface area (Å²) < 4.78 is 31.5. The van der Waals surface area contributed by atoms with Crippen molar-refractivity contribution in [1.29, 1.82) is 0 Å². The Kier molecular flexibility index (Phi) is 3.60. The van der Waals surface area contributed by atoms with E-state index in [2.05, 4.69) is 25.6 Å². The minimum atomic E-state index is -0.616. The zero-order valence-electron chi connectivity index (χ0n) is 15.4. The summed E-state index contributed by atoms with van der Waals surface area (Å²) in [5, 5.41) is 15.3. The summed E-state index contributed by atoms with van der Waals surface area (Å²) in [6.45, 7) is 0. The van der Waals surface area contributed by atoms with Gasteiger partial charge in [0.2, 0.25) is 0 Å². The fourth-order valence-corrected chi connectivity index (χ4v) is 3.72. The number of halogens is 2. The van der Waals surface area contributed by atoms with E-state index in [0.717, 1.165) is 23.8 Å². The maximum absolute atomic E-state index is 14.9. The quantitative estimate of drug-likeness (QED) is 0.568. The van der Waals surface area contributed by atoms with Gasteiger partial charge < -0.3 is 5.32 Å². The van der Waals surface area contributed by atoms with Crippen LogP contribution >= 0.6 is 0 Å². The van der Waals surface area contributed by atoms with Crippen LogP contribution in [0.1, 0.15) is 18.4 Å². The molecule has 0 saturated heterocycles. The first-order valence-corrected chi connectivity index (χ1v) is 9.03. The highest BCUT2D eigenvalue weighted by Crippen LogP contribution is 2.46. The smallest absolute Gasteiger partial charge is 0.135 e. The summed E-state index contributed by atoms with van der Waals surface area (Å²) in [6, 6.07) is 4.48. The molecule has 0 unspecified atom stereocenters. The molecule has 1 aliphatic carbocycles. The first kappa shape index (κ1) is 17.0. The minimum absolute atomic E-state index is 0.129. The first-order valence-electron chi connectivity index (χ1n) is 9.03. The average molecular weight is 380 g/mol. The lowest BCUT2D eigenvalue weighted by molar-refractivity contribution is 0.549. The van der Waals surface area contributed by atoms with E-state index in [1.54, 1.807) is 23.1 Å². The predicted molar refractivity (Wildman–Crippen MR) is 101 cm³/mol. The van der Waals surface area contributed by atoms with E-state index in [0.29, 0.717) is 16.8 Å². The zero-order valence-corrected chi connectivity index (χ0v) is 15.4. The summed E-state index contributed by atoms with van der Waals surface area (Å²) in [5.41, 5.74) is 2.59. The largest absolute Gasteiger partial charge is 0.310 e. The van der Waals surface area contributed by atoms with Gasteiger partial charge in [-0.3, -0.25) is 14.8 Å². The molecule has 1 saturated carbocycles. The predicted octanol–water partition coefficient (Wildman–Crippen LogP) is 3.51. The van der Waals surface area contributed by atoms with Crippen molar-refractivity contribution in [3.63, 3.8) is 0 Å². The second kappa shape index (κ2) is 5.93. The van der Waals surface area contributed by atoms with Crippen LogP contribution in [0.3, 0.4) is 0 Å². The number of nitrogens with zero attached hydrogens (tertiary/aromatic N) is 4. The first-order chi connectivity index (χ1) is 13.5. The maximum atomic E-state index is 14.9. The number of aromatic amines is 1. The Balaban J connectivity index is 1.63. The van der Waals surface area contributed by atoms with Crippen LogP contribution in [0.25, 0.3) is 33.4 Å². The second-order valence-corrected chi connectivity index (χ2v) is 7.24. The third-order valence-electron chi connectivity index (χ3n) is 5.50. The maximum Gasteiger partial charge on any atom is 0.135 e. The van der Waals surface area contributed by atoms with Crippen molar-refractivity contribution in [1.82, 2.24) is 30.3 Å². The molecule has 0 atom stereocenters. The Labute approximate surface area is 159 Å². The molecule has 1 aliphatic rings. The molecule has 1 fully saturated rings. The van der Waals surface area contributed by atoms with Crippen molar-refractivity contribution in [3.05, 3.63) is 54.0 Å². The van der Waals surface area contributed by atoms with Crippen LogP contribution in [-0.4, -0.2) is 32.0 Å². The molecule has 1 aromatic carbocycles. The molecular formula is C20H18F2N6. The third-order valence-corrected chi connectivity index (χ3v) is 5.50. The van der Waals surface area contributed by atoms with Gasteiger partial charge in [0.15, 0.2) is 0 Å². The van der Waals surface area contributed by atoms with Gasteiger partial charge in [0, 0.05) is 29.7 Å². The van der Waals surface area contributed by atoms with Crippen molar-refractivity contribution in [2.75, 3.05) is 7.05 Å². The van der Waals surface area contributed by atoms with E-state index in [1.807, 2.05) is 20.3 Å². The van der Waals surface area contributed by atoms with E-state index < -0.39 is 11.6 Å². The number of aryl methyl sites for hydroxylation is 1. The number of hydrogen-bond acceptors (Lipinski definition) is 4. The van der Waals surface area contributed by atoms with Crippen LogP contribution in [0.2, 0.25) is 0 Å². The van der Waals surface area contributed by atoms with E-state index in [4.69, 9.17) is 0 Å². The molecule has 0 amide bonds. The molecule has 8 heteroatoms. The van der Waals surface area contributed by atoms with E-state index in [-0.39, 0.29) is 16.8 Å². The lowest BCUT2D eigenvalue weighted by Crippen LogP contribution is -2.24. The Morgan fingerprint density at radius 2 is 1.89 bits per heavy atom. The standard InChI is InChI=1S/C20H18F2N6/c1-23-20(3-4-20)12-5-14(21)18(15(22)6-12)16-7-13-17(9-24-16)26-27-19(13)11-8-25-28(2)10-11/h5-10,23H,3-4H2,1-2H3,(H,26,27). The third kappa shape index (κ3) is 2.52. The molecule has 0 radical (unpaired) electrons.